The van der Waals surface area contributed by atoms with Crippen molar-refractivity contribution in [1.82, 2.24) is 9.47 Å². The van der Waals surface area contributed by atoms with Gasteiger partial charge in [0, 0.05) is 29.5 Å². The molecule has 0 atom stereocenters. The van der Waals surface area contributed by atoms with Crippen molar-refractivity contribution >= 4 is 5.78 Å². The minimum Gasteiger partial charge on any atom is -0.345 e. The fourth-order valence-corrected chi connectivity index (χ4v) is 3.76. The topological polar surface area (TPSA) is 25.2 Å². The van der Waals surface area contributed by atoms with E-state index in [-0.39, 0.29) is 11.2 Å². The Kier molecular flexibility index (Phi) is 5.12. The number of Topliss-reactive ketones (excluding diaryl/α,β-unsaturated/α-hetero) is 1. The third kappa shape index (κ3) is 4.09. The molecule has 0 spiro atoms. The largest absolute Gasteiger partial charge is 0.345 e. The number of carbonyl (C=O) groups is 1. The maximum atomic E-state index is 12.8. The number of aryl methyl sites for hydroxylation is 1. The molecule has 3 nitrogen and oxygen atoms in total. The Hall–Kier alpha value is -1.87. The van der Waals surface area contributed by atoms with Crippen LogP contribution in [0.4, 0.5) is 0 Å². The van der Waals surface area contributed by atoms with Crippen LogP contribution in [0, 0.1) is 13.8 Å². The van der Waals surface area contributed by atoms with E-state index in [1.807, 2.05) is 7.05 Å². The molecule has 0 aliphatic heterocycles. The first kappa shape index (κ1) is 18.9. The summed E-state index contributed by atoms with van der Waals surface area (Å²) >= 11 is 0. The van der Waals surface area contributed by atoms with Gasteiger partial charge in [0.15, 0.2) is 5.78 Å². The highest BCUT2D eigenvalue weighted by Crippen LogP contribution is 2.38. The number of likely N-dealkylation sites (N-methyl/N-ethyl adjacent to an activating group) is 1. The average molecular weight is 353 g/mol. The van der Waals surface area contributed by atoms with Gasteiger partial charge in [0.1, 0.15) is 0 Å². The summed E-state index contributed by atoms with van der Waals surface area (Å²) < 4.78 is 2.35. The first-order valence-electron chi connectivity index (χ1n) is 9.66. The van der Waals surface area contributed by atoms with Gasteiger partial charge in [-0.15, -0.1) is 0 Å². The van der Waals surface area contributed by atoms with Gasteiger partial charge < -0.3 is 4.57 Å². The first-order chi connectivity index (χ1) is 12.2. The molecule has 140 valence electrons. The van der Waals surface area contributed by atoms with Crippen LogP contribution in [-0.2, 0) is 12.0 Å². The number of carbonyl (C=O) groups excluding carboxylic acids is 1. The molecule has 1 saturated carbocycles. The number of benzene rings is 1. The molecule has 3 rings (SSSR count). The summed E-state index contributed by atoms with van der Waals surface area (Å²) in [5.41, 5.74) is 6.00. The number of nitrogens with zero attached hydrogens (tertiary/aromatic N) is 2. The number of hydrogen-bond acceptors (Lipinski definition) is 2. The summed E-state index contributed by atoms with van der Waals surface area (Å²) in [6, 6.07) is 11.5. The molecule has 0 saturated heterocycles. The van der Waals surface area contributed by atoms with Gasteiger partial charge in [-0.3, -0.25) is 9.69 Å². The highest BCUT2D eigenvalue weighted by molar-refractivity contribution is 5.99. The number of ketones is 1. The summed E-state index contributed by atoms with van der Waals surface area (Å²) in [4.78, 5) is 14.9. The lowest BCUT2D eigenvalue weighted by molar-refractivity contribution is 0.0942. The lowest BCUT2D eigenvalue weighted by Gasteiger charge is -2.20. The molecule has 0 amide bonds. The van der Waals surface area contributed by atoms with Crippen molar-refractivity contribution in [2.24, 2.45) is 0 Å². The Morgan fingerprint density at radius 1 is 1.15 bits per heavy atom. The lowest BCUT2D eigenvalue weighted by atomic mass is 9.87. The Morgan fingerprint density at radius 2 is 1.77 bits per heavy atom. The van der Waals surface area contributed by atoms with Gasteiger partial charge in [0.05, 0.1) is 6.54 Å². The average Bonchev–Trinajstić information content (AvgIpc) is 3.32. The molecule has 1 aliphatic carbocycles. The maximum Gasteiger partial charge on any atom is 0.178 e. The van der Waals surface area contributed by atoms with Gasteiger partial charge >= 0.3 is 0 Å². The second-order valence-corrected chi connectivity index (χ2v) is 8.93. The fourth-order valence-electron chi connectivity index (χ4n) is 3.76. The van der Waals surface area contributed by atoms with Crippen molar-refractivity contribution in [2.75, 3.05) is 13.6 Å². The van der Waals surface area contributed by atoms with Crippen LogP contribution >= 0.6 is 0 Å². The molecule has 2 aromatic rings. The van der Waals surface area contributed by atoms with E-state index in [1.54, 1.807) is 0 Å². The number of aromatic nitrogens is 1. The minimum absolute atomic E-state index is 0.171. The van der Waals surface area contributed by atoms with Crippen molar-refractivity contribution < 1.29 is 4.79 Å². The Balaban J connectivity index is 1.64. The summed E-state index contributed by atoms with van der Waals surface area (Å²) in [6.45, 7) is 12.1. The minimum atomic E-state index is 0.171. The zero-order valence-electron chi connectivity index (χ0n) is 17.1. The third-order valence-corrected chi connectivity index (χ3v) is 5.38. The number of hydrogen-bond donors (Lipinski definition) is 0. The Morgan fingerprint density at radius 3 is 2.31 bits per heavy atom. The van der Waals surface area contributed by atoms with Crippen LogP contribution in [0.5, 0.6) is 0 Å². The lowest BCUT2D eigenvalue weighted by Crippen LogP contribution is -2.26. The molecule has 1 aliphatic rings. The summed E-state index contributed by atoms with van der Waals surface area (Å²) in [6.07, 6.45) is 2.49. The van der Waals surface area contributed by atoms with Crippen LogP contribution in [0.15, 0.2) is 30.3 Å². The summed E-state index contributed by atoms with van der Waals surface area (Å²) in [5, 5.41) is 0. The highest BCUT2D eigenvalue weighted by Gasteiger charge is 2.28. The monoisotopic (exact) mass is 352 g/mol. The second kappa shape index (κ2) is 7.03. The van der Waals surface area contributed by atoms with Crippen LogP contribution in [0.25, 0.3) is 0 Å². The van der Waals surface area contributed by atoms with E-state index in [4.69, 9.17) is 0 Å². The predicted molar refractivity (Wildman–Crippen MR) is 108 cm³/mol. The third-order valence-electron chi connectivity index (χ3n) is 5.38. The van der Waals surface area contributed by atoms with E-state index in [0.29, 0.717) is 12.6 Å². The molecular weight excluding hydrogens is 320 g/mol. The quantitative estimate of drug-likeness (QED) is 0.680. The summed E-state index contributed by atoms with van der Waals surface area (Å²) in [5.74, 6) is 0.221. The molecule has 1 aromatic heterocycles. The van der Waals surface area contributed by atoms with Crippen molar-refractivity contribution in [3.63, 3.8) is 0 Å². The van der Waals surface area contributed by atoms with Crippen molar-refractivity contribution in [3.8, 4) is 0 Å². The standard InChI is InChI=1S/C23H32N2O/c1-16-13-21(17(2)25(16)20-11-12-20)22(26)15-24(6)14-18-7-9-19(10-8-18)23(3,4)5/h7-10,13,20H,11-12,14-15H2,1-6H3. The van der Waals surface area contributed by atoms with Gasteiger partial charge in [-0.25, -0.2) is 0 Å². The predicted octanol–water partition coefficient (Wildman–Crippen LogP) is 5.05. The van der Waals surface area contributed by atoms with E-state index in [1.165, 1.54) is 29.7 Å². The molecule has 3 heteroatoms. The van der Waals surface area contributed by atoms with E-state index >= 15 is 0 Å². The van der Waals surface area contributed by atoms with Crippen LogP contribution < -0.4 is 0 Å². The van der Waals surface area contributed by atoms with Gasteiger partial charge in [0.2, 0.25) is 0 Å². The zero-order valence-corrected chi connectivity index (χ0v) is 17.1. The molecule has 1 fully saturated rings. The number of rotatable bonds is 6. The highest BCUT2D eigenvalue weighted by atomic mass is 16.1. The van der Waals surface area contributed by atoms with E-state index < -0.39 is 0 Å². The van der Waals surface area contributed by atoms with E-state index in [2.05, 4.69) is 74.4 Å². The molecule has 1 aromatic carbocycles. The first-order valence-corrected chi connectivity index (χ1v) is 9.66. The Labute approximate surface area is 158 Å². The van der Waals surface area contributed by atoms with E-state index in [9.17, 15) is 4.79 Å². The smallest absolute Gasteiger partial charge is 0.178 e. The molecule has 1 heterocycles. The maximum absolute atomic E-state index is 12.8. The van der Waals surface area contributed by atoms with Crippen molar-refractivity contribution in [1.29, 1.82) is 0 Å². The second-order valence-electron chi connectivity index (χ2n) is 8.93. The summed E-state index contributed by atoms with van der Waals surface area (Å²) in [7, 11) is 2.02. The van der Waals surface area contributed by atoms with Crippen LogP contribution in [-0.4, -0.2) is 28.8 Å². The van der Waals surface area contributed by atoms with Crippen LogP contribution in [0.1, 0.15) is 72.5 Å². The Bertz CT molecular complexity index is 789. The molecular formula is C23H32N2O. The van der Waals surface area contributed by atoms with Gasteiger partial charge in [0.25, 0.3) is 0 Å². The molecule has 0 bridgehead atoms. The molecule has 0 unspecified atom stereocenters. The fraction of sp³-hybridized carbons (Fsp3) is 0.522. The van der Waals surface area contributed by atoms with E-state index in [0.717, 1.165) is 17.8 Å². The molecule has 0 N–H and O–H groups in total. The van der Waals surface area contributed by atoms with Crippen LogP contribution in [0.2, 0.25) is 0 Å². The molecule has 26 heavy (non-hydrogen) atoms. The van der Waals surface area contributed by atoms with Crippen molar-refractivity contribution in [2.45, 2.75) is 65.5 Å². The van der Waals surface area contributed by atoms with Gasteiger partial charge in [-0.2, -0.15) is 0 Å². The zero-order chi connectivity index (χ0) is 19.1. The molecule has 0 radical (unpaired) electrons. The van der Waals surface area contributed by atoms with Crippen LogP contribution in [0.3, 0.4) is 0 Å². The van der Waals surface area contributed by atoms with Crippen molar-refractivity contribution in [3.05, 3.63) is 58.4 Å². The SMILES string of the molecule is Cc1cc(C(=O)CN(C)Cc2ccc(C(C)(C)C)cc2)c(C)n1C1CC1. The van der Waals surface area contributed by atoms with Gasteiger partial charge in [-0.1, -0.05) is 45.0 Å². The normalized spacial score (nSPS) is 14.9. The van der Waals surface area contributed by atoms with Gasteiger partial charge in [-0.05, 0) is 56.3 Å².